The molecule has 0 aromatic heterocycles. The third-order valence-corrected chi connectivity index (χ3v) is 2.70. The van der Waals surface area contributed by atoms with E-state index in [1.165, 1.54) is 0 Å². The topological polar surface area (TPSA) is 77.3 Å². The maximum Gasteiger partial charge on any atom is 0.269 e. The third kappa shape index (κ3) is 3.13. The summed E-state index contributed by atoms with van der Waals surface area (Å²) in [7, 11) is 1.20. The zero-order valence-corrected chi connectivity index (χ0v) is 8.97. The fourth-order valence-corrected chi connectivity index (χ4v) is 1.50. The quantitative estimate of drug-likeness (QED) is 0.461. The van der Waals surface area contributed by atoms with Gasteiger partial charge in [-0.25, -0.2) is 8.42 Å². The molecule has 0 aliphatic heterocycles. The first-order valence-electron chi connectivity index (χ1n) is 3.10. The standard InChI is InChI=1S/C6H4ClNO4S.ClH/c7-13(11,12)6-3-1-5(2-4-6)8(9)10;/h1-4H;1H. The lowest BCUT2D eigenvalue weighted by molar-refractivity contribution is -0.384. The Bertz CT molecular complexity index is 428. The highest BCUT2D eigenvalue weighted by atomic mass is 35.7. The van der Waals surface area contributed by atoms with Gasteiger partial charge in [-0.2, -0.15) is 0 Å². The molecule has 0 aliphatic carbocycles. The molecule has 0 radical (unpaired) electrons. The number of benzene rings is 1. The van der Waals surface area contributed by atoms with E-state index in [4.69, 9.17) is 10.7 Å². The normalized spacial score (nSPS) is 10.4. The number of hydrogen-bond acceptors (Lipinski definition) is 4. The number of halogens is 2. The van der Waals surface area contributed by atoms with Gasteiger partial charge in [-0.15, -0.1) is 12.4 Å². The van der Waals surface area contributed by atoms with Crippen molar-refractivity contribution in [3.63, 3.8) is 0 Å². The van der Waals surface area contributed by atoms with Gasteiger partial charge in [-0.05, 0) is 12.1 Å². The van der Waals surface area contributed by atoms with Crippen molar-refractivity contribution >= 4 is 37.8 Å². The second-order valence-electron chi connectivity index (χ2n) is 2.19. The molecule has 8 heteroatoms. The molecule has 0 saturated heterocycles. The van der Waals surface area contributed by atoms with Gasteiger partial charge in [-0.3, -0.25) is 10.1 Å². The van der Waals surface area contributed by atoms with Gasteiger partial charge in [0.15, 0.2) is 0 Å². The van der Waals surface area contributed by atoms with E-state index < -0.39 is 14.0 Å². The Hall–Kier alpha value is -0.850. The van der Waals surface area contributed by atoms with E-state index in [1.54, 1.807) is 0 Å². The van der Waals surface area contributed by atoms with Crippen molar-refractivity contribution in [2.45, 2.75) is 4.90 Å². The monoisotopic (exact) mass is 257 g/mol. The molecule has 1 aromatic rings. The number of non-ortho nitro benzene ring substituents is 1. The molecule has 0 atom stereocenters. The van der Waals surface area contributed by atoms with Gasteiger partial charge in [-0.1, -0.05) is 0 Å². The van der Waals surface area contributed by atoms with Crippen LogP contribution in [0.5, 0.6) is 0 Å². The molecule has 0 unspecified atom stereocenters. The largest absolute Gasteiger partial charge is 0.269 e. The Morgan fingerprint density at radius 2 is 1.64 bits per heavy atom. The van der Waals surface area contributed by atoms with Crippen molar-refractivity contribution in [2.24, 2.45) is 0 Å². The van der Waals surface area contributed by atoms with Crippen molar-refractivity contribution in [3.8, 4) is 0 Å². The van der Waals surface area contributed by atoms with Crippen LogP contribution in [0.15, 0.2) is 29.2 Å². The molecule has 78 valence electrons. The highest BCUT2D eigenvalue weighted by molar-refractivity contribution is 8.13. The van der Waals surface area contributed by atoms with Crippen molar-refractivity contribution in [3.05, 3.63) is 34.4 Å². The van der Waals surface area contributed by atoms with E-state index in [0.29, 0.717) is 0 Å². The summed E-state index contributed by atoms with van der Waals surface area (Å²) in [5, 5.41) is 10.2. The fourth-order valence-electron chi connectivity index (χ4n) is 0.730. The summed E-state index contributed by atoms with van der Waals surface area (Å²) in [5.74, 6) is 0. The first-order chi connectivity index (χ1) is 5.91. The maximum atomic E-state index is 10.7. The van der Waals surface area contributed by atoms with Crippen LogP contribution in [0.1, 0.15) is 0 Å². The van der Waals surface area contributed by atoms with Crippen LogP contribution in [-0.4, -0.2) is 13.3 Å². The lowest BCUT2D eigenvalue weighted by Crippen LogP contribution is -1.92. The average molecular weight is 258 g/mol. The van der Waals surface area contributed by atoms with E-state index in [1.807, 2.05) is 0 Å². The van der Waals surface area contributed by atoms with Crippen LogP contribution in [0.2, 0.25) is 0 Å². The van der Waals surface area contributed by atoms with Crippen LogP contribution in [0.3, 0.4) is 0 Å². The van der Waals surface area contributed by atoms with Gasteiger partial charge in [0.25, 0.3) is 14.7 Å². The summed E-state index contributed by atoms with van der Waals surface area (Å²) in [6.07, 6.45) is 0. The van der Waals surface area contributed by atoms with Crippen molar-refractivity contribution < 1.29 is 13.3 Å². The first-order valence-corrected chi connectivity index (χ1v) is 5.41. The molecule has 0 spiro atoms. The first kappa shape index (κ1) is 13.2. The molecule has 5 nitrogen and oxygen atoms in total. The van der Waals surface area contributed by atoms with Gasteiger partial charge in [0.05, 0.1) is 9.82 Å². The van der Waals surface area contributed by atoms with E-state index >= 15 is 0 Å². The molecule has 14 heavy (non-hydrogen) atoms. The Labute approximate surface area is 90.7 Å². The van der Waals surface area contributed by atoms with Crippen LogP contribution >= 0.6 is 23.1 Å². The summed E-state index contributed by atoms with van der Waals surface area (Å²) in [6, 6.07) is 4.32. The minimum atomic E-state index is -3.80. The molecule has 0 saturated carbocycles. The molecular weight excluding hydrogens is 253 g/mol. The maximum absolute atomic E-state index is 10.7. The number of nitrogens with zero attached hydrogens (tertiary/aromatic N) is 1. The van der Waals surface area contributed by atoms with E-state index in [9.17, 15) is 18.5 Å². The molecule has 0 heterocycles. The van der Waals surface area contributed by atoms with E-state index in [-0.39, 0.29) is 23.0 Å². The number of nitro groups is 1. The lowest BCUT2D eigenvalue weighted by Gasteiger charge is -1.94. The highest BCUT2D eigenvalue weighted by Crippen LogP contribution is 2.18. The minimum Gasteiger partial charge on any atom is -0.258 e. The van der Waals surface area contributed by atoms with E-state index in [2.05, 4.69) is 0 Å². The second-order valence-corrected chi connectivity index (χ2v) is 4.75. The van der Waals surface area contributed by atoms with Crippen LogP contribution in [0.25, 0.3) is 0 Å². The van der Waals surface area contributed by atoms with Gasteiger partial charge in [0.1, 0.15) is 0 Å². The predicted molar refractivity (Wildman–Crippen MR) is 53.4 cm³/mol. The van der Waals surface area contributed by atoms with Gasteiger partial charge >= 0.3 is 0 Å². The van der Waals surface area contributed by atoms with Crippen LogP contribution < -0.4 is 0 Å². The van der Waals surface area contributed by atoms with Crippen molar-refractivity contribution in [1.82, 2.24) is 0 Å². The Morgan fingerprint density at radius 1 is 1.21 bits per heavy atom. The second kappa shape index (κ2) is 4.59. The fraction of sp³-hybridized carbons (Fsp3) is 0. The SMILES string of the molecule is Cl.O=[N+]([O-])c1ccc(S(=O)(=O)Cl)cc1. The minimum absolute atomic E-state index is 0. The number of rotatable bonds is 2. The zero-order chi connectivity index (χ0) is 10.1. The van der Waals surface area contributed by atoms with Gasteiger partial charge in [0, 0.05) is 22.8 Å². The molecular formula is C6H5Cl2NO4S. The highest BCUT2D eigenvalue weighted by Gasteiger charge is 2.11. The molecule has 0 aliphatic rings. The summed E-state index contributed by atoms with van der Waals surface area (Å²) in [5.41, 5.74) is -0.177. The smallest absolute Gasteiger partial charge is 0.258 e. The molecule has 1 rings (SSSR count). The van der Waals surface area contributed by atoms with Gasteiger partial charge in [0.2, 0.25) is 0 Å². The summed E-state index contributed by atoms with van der Waals surface area (Å²) >= 11 is 0. The number of nitro benzene ring substituents is 1. The van der Waals surface area contributed by atoms with E-state index in [0.717, 1.165) is 24.3 Å². The molecule has 0 bridgehead atoms. The number of hydrogen-bond donors (Lipinski definition) is 0. The Balaban J connectivity index is 0.00000169. The van der Waals surface area contributed by atoms with Gasteiger partial charge < -0.3 is 0 Å². The third-order valence-electron chi connectivity index (χ3n) is 1.33. The summed E-state index contributed by atoms with van der Waals surface area (Å²) in [4.78, 5) is 9.41. The molecule has 0 amide bonds. The summed E-state index contributed by atoms with van der Waals surface area (Å²) < 4.78 is 21.4. The predicted octanol–water partition coefficient (Wildman–Crippen LogP) is 1.94. The van der Waals surface area contributed by atoms with Crippen molar-refractivity contribution in [2.75, 3.05) is 0 Å². The average Bonchev–Trinajstić information content (AvgIpc) is 2.03. The summed E-state index contributed by atoms with van der Waals surface area (Å²) in [6.45, 7) is 0. The van der Waals surface area contributed by atoms with Crippen LogP contribution in [-0.2, 0) is 9.05 Å². The lowest BCUT2D eigenvalue weighted by atomic mass is 10.3. The Kier molecular flexibility index (Phi) is 4.31. The molecule has 1 aromatic carbocycles. The van der Waals surface area contributed by atoms with Crippen molar-refractivity contribution in [1.29, 1.82) is 0 Å². The zero-order valence-electron chi connectivity index (χ0n) is 6.58. The molecule has 0 fully saturated rings. The molecule has 0 N–H and O–H groups in total. The Morgan fingerprint density at radius 3 is 1.93 bits per heavy atom. The van der Waals surface area contributed by atoms with Crippen LogP contribution in [0.4, 0.5) is 5.69 Å². The van der Waals surface area contributed by atoms with Crippen LogP contribution in [0, 0.1) is 10.1 Å².